The Hall–Kier alpha value is -3.75. The normalized spacial score (nSPS) is 18.0. The van der Waals surface area contributed by atoms with E-state index in [4.69, 9.17) is 0 Å². The molecule has 2 unspecified atom stereocenters. The first-order valence-corrected chi connectivity index (χ1v) is 8.85. The van der Waals surface area contributed by atoms with E-state index in [2.05, 4.69) is 27.6 Å². The molecule has 1 amide bonds. The third-order valence-corrected chi connectivity index (χ3v) is 4.61. The van der Waals surface area contributed by atoms with Gasteiger partial charge in [0.25, 0.3) is 17.5 Å². The average Bonchev–Trinajstić information content (AvgIpc) is 3.10. The summed E-state index contributed by atoms with van der Waals surface area (Å²) in [6.07, 6.45) is 0.832. The van der Waals surface area contributed by atoms with Crippen LogP contribution in [0.4, 0.5) is 17.6 Å². The molecule has 2 N–H and O–H groups in total. The Bertz CT molecular complexity index is 1030. The number of non-ortho nitro benzene ring substituents is 1. The fourth-order valence-electron chi connectivity index (χ4n) is 3.29. The SMILES string of the molecule is CC1CC(c2ccccc2)n2nc(NC(=O)c3cccc([N+](=O)[O-])c3)nc2N1. The maximum absolute atomic E-state index is 12.5. The van der Waals surface area contributed by atoms with Gasteiger partial charge in [0.05, 0.1) is 11.0 Å². The van der Waals surface area contributed by atoms with Crippen molar-refractivity contribution in [3.63, 3.8) is 0 Å². The predicted octanol–water partition coefficient (Wildman–Crippen LogP) is 3.23. The van der Waals surface area contributed by atoms with Crippen LogP contribution in [0.5, 0.6) is 0 Å². The summed E-state index contributed by atoms with van der Waals surface area (Å²) in [7, 11) is 0. The van der Waals surface area contributed by atoms with E-state index >= 15 is 0 Å². The number of rotatable bonds is 4. The van der Waals surface area contributed by atoms with Gasteiger partial charge >= 0.3 is 0 Å². The number of nitro groups is 1. The summed E-state index contributed by atoms with van der Waals surface area (Å²) in [5, 5.41) is 21.2. The number of carbonyl (C=O) groups excluding carboxylic acids is 1. The minimum absolute atomic E-state index is 0.00316. The summed E-state index contributed by atoms with van der Waals surface area (Å²) < 4.78 is 1.76. The molecule has 1 aromatic heterocycles. The summed E-state index contributed by atoms with van der Waals surface area (Å²) in [5.74, 6) is 0.215. The van der Waals surface area contributed by atoms with Crippen molar-refractivity contribution in [3.8, 4) is 0 Å². The zero-order valence-corrected chi connectivity index (χ0v) is 15.1. The molecule has 0 fully saturated rings. The summed E-state index contributed by atoms with van der Waals surface area (Å²) in [6.45, 7) is 2.06. The first kappa shape index (κ1) is 17.7. The van der Waals surface area contributed by atoms with Crippen LogP contribution in [0.2, 0.25) is 0 Å². The second-order valence-electron chi connectivity index (χ2n) is 6.67. The van der Waals surface area contributed by atoms with Crippen LogP contribution in [0.25, 0.3) is 0 Å². The van der Waals surface area contributed by atoms with Crippen LogP contribution < -0.4 is 10.6 Å². The van der Waals surface area contributed by atoms with Crippen molar-refractivity contribution in [2.45, 2.75) is 25.4 Å². The smallest absolute Gasteiger partial charge is 0.270 e. The van der Waals surface area contributed by atoms with E-state index in [0.717, 1.165) is 12.0 Å². The van der Waals surface area contributed by atoms with E-state index in [0.29, 0.717) is 5.95 Å². The molecule has 142 valence electrons. The Morgan fingerprint density at radius 3 is 2.79 bits per heavy atom. The van der Waals surface area contributed by atoms with Gasteiger partial charge in [-0.25, -0.2) is 4.68 Å². The second-order valence-corrected chi connectivity index (χ2v) is 6.67. The predicted molar refractivity (Wildman–Crippen MR) is 103 cm³/mol. The van der Waals surface area contributed by atoms with Crippen LogP contribution in [0, 0.1) is 10.1 Å². The molecule has 2 aromatic carbocycles. The highest BCUT2D eigenvalue weighted by atomic mass is 16.6. The molecular weight excluding hydrogens is 360 g/mol. The van der Waals surface area contributed by atoms with Crippen LogP contribution in [0.3, 0.4) is 0 Å². The fourth-order valence-corrected chi connectivity index (χ4v) is 3.29. The molecule has 0 saturated heterocycles. The molecule has 0 spiro atoms. The van der Waals surface area contributed by atoms with Gasteiger partial charge in [-0.05, 0) is 25.0 Å². The lowest BCUT2D eigenvalue weighted by Gasteiger charge is -2.29. The summed E-state index contributed by atoms with van der Waals surface area (Å²) in [5.41, 5.74) is 1.13. The molecule has 0 radical (unpaired) electrons. The van der Waals surface area contributed by atoms with Crippen molar-refractivity contribution in [1.29, 1.82) is 0 Å². The van der Waals surface area contributed by atoms with Crippen LogP contribution in [-0.4, -0.2) is 31.6 Å². The Labute approximate surface area is 160 Å². The number of carbonyl (C=O) groups is 1. The van der Waals surface area contributed by atoms with E-state index in [9.17, 15) is 14.9 Å². The van der Waals surface area contributed by atoms with Crippen LogP contribution in [-0.2, 0) is 0 Å². The van der Waals surface area contributed by atoms with Crippen molar-refractivity contribution in [1.82, 2.24) is 14.8 Å². The van der Waals surface area contributed by atoms with Gasteiger partial charge in [0.15, 0.2) is 0 Å². The lowest BCUT2D eigenvalue weighted by Crippen LogP contribution is -2.31. The Morgan fingerprint density at radius 2 is 2.04 bits per heavy atom. The molecular formula is C19H18N6O3. The van der Waals surface area contributed by atoms with Crippen molar-refractivity contribution < 1.29 is 9.72 Å². The number of hydrogen-bond acceptors (Lipinski definition) is 6. The van der Waals surface area contributed by atoms with E-state index < -0.39 is 10.8 Å². The zero-order valence-electron chi connectivity index (χ0n) is 15.1. The first-order valence-electron chi connectivity index (χ1n) is 8.85. The molecule has 4 rings (SSSR count). The van der Waals surface area contributed by atoms with Crippen LogP contribution in [0.15, 0.2) is 54.6 Å². The molecule has 9 heteroatoms. The van der Waals surface area contributed by atoms with E-state index in [1.165, 1.54) is 24.3 Å². The Kier molecular flexibility index (Phi) is 4.48. The monoisotopic (exact) mass is 378 g/mol. The topological polar surface area (TPSA) is 115 Å². The number of nitrogens with zero attached hydrogens (tertiary/aromatic N) is 4. The van der Waals surface area contributed by atoms with Gasteiger partial charge in [0.1, 0.15) is 0 Å². The van der Waals surface area contributed by atoms with Gasteiger partial charge < -0.3 is 5.32 Å². The summed E-state index contributed by atoms with van der Waals surface area (Å²) in [4.78, 5) is 27.2. The van der Waals surface area contributed by atoms with E-state index in [1.54, 1.807) is 4.68 Å². The minimum atomic E-state index is -0.542. The number of amides is 1. The summed E-state index contributed by atoms with van der Waals surface area (Å²) >= 11 is 0. The molecule has 2 heterocycles. The van der Waals surface area contributed by atoms with Crippen molar-refractivity contribution >= 4 is 23.5 Å². The maximum atomic E-state index is 12.5. The molecule has 1 aliphatic heterocycles. The number of hydrogen-bond donors (Lipinski definition) is 2. The number of nitro benzene ring substituents is 1. The van der Waals surface area contributed by atoms with Crippen LogP contribution in [0.1, 0.15) is 35.3 Å². The molecule has 1 aliphatic rings. The summed E-state index contributed by atoms with van der Waals surface area (Å²) in [6, 6.07) is 15.7. The third-order valence-electron chi connectivity index (χ3n) is 4.61. The first-order chi connectivity index (χ1) is 13.5. The van der Waals surface area contributed by atoms with Gasteiger partial charge in [-0.3, -0.25) is 20.2 Å². The zero-order chi connectivity index (χ0) is 19.7. The van der Waals surface area contributed by atoms with Crippen molar-refractivity contribution in [3.05, 3.63) is 75.8 Å². The standard InChI is InChI=1S/C19H18N6O3/c1-12-10-16(13-6-3-2-4-7-13)24-19(20-12)22-18(23-24)21-17(26)14-8-5-9-15(11-14)25(27)28/h2-9,11-12,16H,10H2,1H3,(H2,20,21,22,23,26). The van der Waals surface area contributed by atoms with Gasteiger partial charge in [-0.1, -0.05) is 36.4 Å². The number of nitrogens with one attached hydrogen (secondary N) is 2. The molecule has 3 aromatic rings. The average molecular weight is 378 g/mol. The second kappa shape index (κ2) is 7.10. The molecule has 28 heavy (non-hydrogen) atoms. The molecule has 2 atom stereocenters. The molecule has 0 saturated carbocycles. The molecule has 0 bridgehead atoms. The number of aromatic nitrogens is 3. The van der Waals surface area contributed by atoms with Gasteiger partial charge in [0, 0.05) is 23.7 Å². The van der Waals surface area contributed by atoms with Crippen molar-refractivity contribution in [2.24, 2.45) is 0 Å². The maximum Gasteiger partial charge on any atom is 0.270 e. The van der Waals surface area contributed by atoms with Crippen LogP contribution >= 0.6 is 0 Å². The number of benzene rings is 2. The van der Waals surface area contributed by atoms with Gasteiger partial charge in [0.2, 0.25) is 5.95 Å². The van der Waals surface area contributed by atoms with Crippen molar-refractivity contribution in [2.75, 3.05) is 10.6 Å². The van der Waals surface area contributed by atoms with Gasteiger partial charge in [-0.2, -0.15) is 4.98 Å². The lowest BCUT2D eigenvalue weighted by atomic mass is 9.99. The van der Waals surface area contributed by atoms with E-state index in [1.807, 2.05) is 30.3 Å². The molecule has 0 aliphatic carbocycles. The quantitative estimate of drug-likeness (QED) is 0.532. The number of anilines is 2. The molecule has 9 nitrogen and oxygen atoms in total. The third kappa shape index (κ3) is 3.41. The fraction of sp³-hybridized carbons (Fsp3) is 0.211. The highest BCUT2D eigenvalue weighted by Crippen LogP contribution is 2.31. The highest BCUT2D eigenvalue weighted by molar-refractivity contribution is 6.03. The lowest BCUT2D eigenvalue weighted by molar-refractivity contribution is -0.384. The van der Waals surface area contributed by atoms with Gasteiger partial charge in [-0.15, -0.1) is 5.10 Å². The largest absolute Gasteiger partial charge is 0.352 e. The minimum Gasteiger partial charge on any atom is -0.352 e. The highest BCUT2D eigenvalue weighted by Gasteiger charge is 2.28. The Balaban J connectivity index is 1.60. The Morgan fingerprint density at radius 1 is 1.25 bits per heavy atom. The van der Waals surface area contributed by atoms with E-state index in [-0.39, 0.29) is 29.3 Å². The number of fused-ring (bicyclic) bond motifs is 1.